The van der Waals surface area contributed by atoms with Crippen LogP contribution in [0.5, 0.6) is 0 Å². The number of aromatic nitrogens is 4. The molecule has 0 aromatic carbocycles. The Morgan fingerprint density at radius 2 is 2.12 bits per heavy atom. The molecular weight excluding hydrogens is 346 g/mol. The summed E-state index contributed by atoms with van der Waals surface area (Å²) in [6.07, 6.45) is 13.2. The third-order valence-electron chi connectivity index (χ3n) is 4.66. The second-order valence-corrected chi connectivity index (χ2v) is 7.85. The zero-order valence-corrected chi connectivity index (χ0v) is 15.5. The van der Waals surface area contributed by atoms with Crippen molar-refractivity contribution >= 4 is 17.7 Å². The van der Waals surface area contributed by atoms with Crippen molar-refractivity contribution in [2.24, 2.45) is 0 Å². The minimum atomic E-state index is -0.419. The Balaban J connectivity index is 1.53. The average Bonchev–Trinajstić information content (AvgIpc) is 3.36. The second kappa shape index (κ2) is 7.07. The summed E-state index contributed by atoms with van der Waals surface area (Å²) in [6, 6.07) is 3.85. The third-order valence-corrected chi connectivity index (χ3v) is 6.13. The molecule has 1 saturated carbocycles. The van der Waals surface area contributed by atoms with E-state index >= 15 is 0 Å². The van der Waals surface area contributed by atoms with Gasteiger partial charge in [-0.1, -0.05) is 23.9 Å². The van der Waals surface area contributed by atoms with Crippen molar-refractivity contribution in [1.82, 2.24) is 25.1 Å². The lowest BCUT2D eigenvalue weighted by Gasteiger charge is -2.17. The highest BCUT2D eigenvalue weighted by Gasteiger charge is 2.52. The number of rotatable bonds is 6. The van der Waals surface area contributed by atoms with Gasteiger partial charge in [-0.05, 0) is 50.8 Å². The highest BCUT2D eigenvalue weighted by molar-refractivity contribution is 8.01. The molecule has 7 heteroatoms. The Bertz CT molecular complexity index is 867. The summed E-state index contributed by atoms with van der Waals surface area (Å²) in [6.45, 7) is 2.82. The first-order valence-corrected chi connectivity index (χ1v) is 9.73. The summed E-state index contributed by atoms with van der Waals surface area (Å²) < 4.78 is 1.65. The van der Waals surface area contributed by atoms with E-state index in [1.165, 1.54) is 11.8 Å². The molecule has 1 fully saturated rings. The SMILES string of the molecule is CCn1c(SC2(C(=O)NC3=CC=CCC3)CC2)nnc1-c1ccncc1. The zero-order chi connectivity index (χ0) is 18.0. The lowest BCUT2D eigenvalue weighted by Crippen LogP contribution is -2.34. The quantitative estimate of drug-likeness (QED) is 0.848. The molecule has 26 heavy (non-hydrogen) atoms. The molecule has 1 amide bonds. The molecule has 0 spiro atoms. The smallest absolute Gasteiger partial charge is 0.240 e. The first-order chi connectivity index (χ1) is 12.7. The van der Waals surface area contributed by atoms with Crippen molar-refractivity contribution in [3.8, 4) is 11.4 Å². The number of hydrogen-bond donors (Lipinski definition) is 1. The number of carbonyl (C=O) groups excluding carboxylic acids is 1. The van der Waals surface area contributed by atoms with Crippen molar-refractivity contribution in [3.63, 3.8) is 0 Å². The molecule has 0 atom stereocenters. The minimum absolute atomic E-state index is 0.0835. The van der Waals surface area contributed by atoms with E-state index in [2.05, 4.69) is 38.1 Å². The highest BCUT2D eigenvalue weighted by Crippen LogP contribution is 2.52. The summed E-state index contributed by atoms with van der Waals surface area (Å²) in [4.78, 5) is 16.9. The van der Waals surface area contributed by atoms with Crippen molar-refractivity contribution in [3.05, 3.63) is 48.5 Å². The standard InChI is InChI=1S/C19H21N5OS/c1-2-24-16(14-8-12-20-13-9-14)22-23-18(24)26-19(10-11-19)17(25)21-15-6-4-3-5-7-15/h3-4,6,8-9,12-13H,2,5,7,10-11H2,1H3,(H,21,25). The van der Waals surface area contributed by atoms with Crippen molar-refractivity contribution in [1.29, 1.82) is 0 Å². The number of thioether (sulfide) groups is 1. The van der Waals surface area contributed by atoms with E-state index in [0.717, 1.165) is 54.5 Å². The third kappa shape index (κ3) is 3.31. The number of amides is 1. The molecule has 134 valence electrons. The monoisotopic (exact) mass is 367 g/mol. The van der Waals surface area contributed by atoms with Gasteiger partial charge in [-0.15, -0.1) is 10.2 Å². The summed E-state index contributed by atoms with van der Waals surface area (Å²) in [5.41, 5.74) is 1.98. The van der Waals surface area contributed by atoms with Crippen LogP contribution < -0.4 is 5.32 Å². The van der Waals surface area contributed by atoms with Crippen LogP contribution >= 0.6 is 11.8 Å². The molecule has 0 radical (unpaired) electrons. The van der Waals surface area contributed by atoms with E-state index in [-0.39, 0.29) is 5.91 Å². The summed E-state index contributed by atoms with van der Waals surface area (Å²) in [5.74, 6) is 0.897. The number of pyridine rings is 1. The van der Waals surface area contributed by atoms with Gasteiger partial charge in [-0.25, -0.2) is 0 Å². The number of allylic oxidation sites excluding steroid dienone is 4. The van der Waals surface area contributed by atoms with Crippen LogP contribution in [-0.2, 0) is 11.3 Å². The van der Waals surface area contributed by atoms with Crippen LogP contribution in [0.2, 0.25) is 0 Å². The Labute approximate surface area is 156 Å². The molecule has 2 aromatic heterocycles. The van der Waals surface area contributed by atoms with E-state index in [0.29, 0.717) is 0 Å². The summed E-state index contributed by atoms with van der Waals surface area (Å²) in [5, 5.41) is 12.6. The molecule has 0 bridgehead atoms. The molecule has 6 nitrogen and oxygen atoms in total. The van der Waals surface area contributed by atoms with Gasteiger partial charge in [-0.2, -0.15) is 0 Å². The fourth-order valence-electron chi connectivity index (χ4n) is 2.99. The number of carbonyl (C=O) groups is 1. The van der Waals surface area contributed by atoms with Gasteiger partial charge in [0.25, 0.3) is 0 Å². The van der Waals surface area contributed by atoms with Gasteiger partial charge in [-0.3, -0.25) is 9.78 Å². The number of nitrogens with one attached hydrogen (secondary N) is 1. The minimum Gasteiger partial charge on any atom is -0.329 e. The molecule has 0 saturated heterocycles. The summed E-state index contributed by atoms with van der Waals surface area (Å²) in [7, 11) is 0. The molecule has 0 unspecified atom stereocenters. The zero-order valence-electron chi connectivity index (χ0n) is 14.7. The van der Waals surface area contributed by atoms with Crippen molar-refractivity contribution in [2.75, 3.05) is 0 Å². The lowest BCUT2D eigenvalue weighted by atomic mass is 10.1. The average molecular weight is 367 g/mol. The van der Waals surface area contributed by atoms with Crippen LogP contribution in [0.3, 0.4) is 0 Å². The van der Waals surface area contributed by atoms with Crippen LogP contribution in [-0.4, -0.2) is 30.4 Å². The van der Waals surface area contributed by atoms with Crippen LogP contribution in [0.25, 0.3) is 11.4 Å². The maximum absolute atomic E-state index is 12.8. The Morgan fingerprint density at radius 1 is 1.31 bits per heavy atom. The van der Waals surface area contributed by atoms with E-state index in [4.69, 9.17) is 0 Å². The largest absolute Gasteiger partial charge is 0.329 e. The maximum Gasteiger partial charge on any atom is 0.240 e. The molecule has 4 rings (SSSR count). The van der Waals surface area contributed by atoms with Crippen LogP contribution in [0.1, 0.15) is 32.6 Å². The van der Waals surface area contributed by atoms with Crippen LogP contribution in [0.4, 0.5) is 0 Å². The predicted octanol–water partition coefficient (Wildman–Crippen LogP) is 3.33. The Kier molecular flexibility index (Phi) is 4.63. The molecule has 2 heterocycles. The van der Waals surface area contributed by atoms with Gasteiger partial charge in [0.15, 0.2) is 11.0 Å². The van der Waals surface area contributed by atoms with Crippen molar-refractivity contribution < 1.29 is 4.79 Å². The van der Waals surface area contributed by atoms with E-state index in [9.17, 15) is 4.79 Å². The fourth-order valence-corrected chi connectivity index (χ4v) is 4.20. The first kappa shape index (κ1) is 17.0. The molecular formula is C19H21N5OS. The molecule has 2 aliphatic rings. The summed E-state index contributed by atoms with van der Waals surface area (Å²) >= 11 is 1.54. The van der Waals surface area contributed by atoms with Gasteiger partial charge in [0.1, 0.15) is 4.75 Å². The van der Waals surface area contributed by atoms with Gasteiger partial charge in [0.2, 0.25) is 5.91 Å². The van der Waals surface area contributed by atoms with Crippen LogP contribution in [0, 0.1) is 0 Å². The predicted molar refractivity (Wildman–Crippen MR) is 101 cm³/mol. The molecule has 2 aromatic rings. The maximum atomic E-state index is 12.8. The highest BCUT2D eigenvalue weighted by atomic mass is 32.2. The van der Waals surface area contributed by atoms with E-state index in [1.54, 1.807) is 12.4 Å². The van der Waals surface area contributed by atoms with Crippen molar-refractivity contribution in [2.45, 2.75) is 49.1 Å². The first-order valence-electron chi connectivity index (χ1n) is 8.91. The molecule has 1 N–H and O–H groups in total. The topological polar surface area (TPSA) is 72.7 Å². The normalized spacial score (nSPS) is 17.7. The van der Waals surface area contributed by atoms with Gasteiger partial charge in [0, 0.05) is 30.2 Å². The van der Waals surface area contributed by atoms with Gasteiger partial charge in [0.05, 0.1) is 0 Å². The number of hydrogen-bond acceptors (Lipinski definition) is 5. The Hall–Kier alpha value is -2.41. The van der Waals surface area contributed by atoms with E-state index < -0.39 is 4.75 Å². The van der Waals surface area contributed by atoms with E-state index in [1.807, 2.05) is 24.3 Å². The number of nitrogens with zero attached hydrogens (tertiary/aromatic N) is 4. The molecule has 2 aliphatic carbocycles. The van der Waals surface area contributed by atoms with Gasteiger partial charge >= 0.3 is 0 Å². The second-order valence-electron chi connectivity index (χ2n) is 6.50. The van der Waals surface area contributed by atoms with Crippen LogP contribution in [0.15, 0.2) is 53.6 Å². The lowest BCUT2D eigenvalue weighted by molar-refractivity contribution is -0.120. The fraction of sp³-hybridized carbons (Fsp3) is 0.368. The van der Waals surface area contributed by atoms with Gasteiger partial charge < -0.3 is 9.88 Å². The molecule has 0 aliphatic heterocycles. The Morgan fingerprint density at radius 3 is 2.77 bits per heavy atom.